The Bertz CT molecular complexity index is 448. The Kier molecular flexibility index (Phi) is 2.80. The number of phenolic OH excluding ortho intramolecular Hbond substituents is 2. The molecular formula is C15H16O2. The van der Waals surface area contributed by atoms with E-state index in [9.17, 15) is 10.2 Å². The maximum absolute atomic E-state index is 9.30. The molecule has 2 aromatic rings. The van der Waals surface area contributed by atoms with Crippen LogP contribution in [0.3, 0.4) is 0 Å². The second-order valence-corrected chi connectivity index (χ2v) is 4.72. The first-order valence-electron chi connectivity index (χ1n) is 5.59. The lowest BCUT2D eigenvalue weighted by atomic mass is 10.2. The molecule has 0 atom stereocenters. The molecule has 2 N–H and O–H groups in total. The Morgan fingerprint density at radius 1 is 0.647 bits per heavy atom. The molecule has 0 amide bonds. The zero-order chi connectivity index (χ0) is 12.5. The fourth-order valence-corrected chi connectivity index (χ4v) is 1.92. The summed E-state index contributed by atoms with van der Waals surface area (Å²) in [6, 6.07) is 14.4. The van der Waals surface area contributed by atoms with Gasteiger partial charge in [0.2, 0.25) is 0 Å². The van der Waals surface area contributed by atoms with Gasteiger partial charge in [-0.3, -0.25) is 0 Å². The van der Waals surface area contributed by atoms with Crippen molar-refractivity contribution in [2.24, 2.45) is 0 Å². The van der Waals surface area contributed by atoms with Crippen molar-refractivity contribution in [3.8, 4) is 11.5 Å². The fourth-order valence-electron chi connectivity index (χ4n) is 1.92. The van der Waals surface area contributed by atoms with Gasteiger partial charge in [0, 0.05) is 5.41 Å². The number of hydrogen-bond acceptors (Lipinski definition) is 2. The Morgan fingerprint density at radius 2 is 0.941 bits per heavy atom. The van der Waals surface area contributed by atoms with E-state index in [-0.39, 0.29) is 16.9 Å². The van der Waals surface area contributed by atoms with E-state index in [1.54, 1.807) is 24.3 Å². The van der Waals surface area contributed by atoms with Crippen LogP contribution in [0.25, 0.3) is 0 Å². The lowest BCUT2D eigenvalue weighted by molar-refractivity contribution is 0.474. The highest BCUT2D eigenvalue weighted by Gasteiger charge is 2.22. The van der Waals surface area contributed by atoms with Crippen molar-refractivity contribution in [2.45, 2.75) is 19.3 Å². The quantitative estimate of drug-likeness (QED) is 0.829. The summed E-state index contributed by atoms with van der Waals surface area (Å²) in [4.78, 5) is 0. The number of hydrogen-bond donors (Lipinski definition) is 2. The SMILES string of the molecule is C[14C](C)(c1ccc(O)cc1)c1ccc(O)cc1. The van der Waals surface area contributed by atoms with Crippen LogP contribution in [-0.2, 0) is 5.41 Å². The third kappa shape index (κ3) is 2.26. The molecule has 17 heavy (non-hydrogen) atoms. The van der Waals surface area contributed by atoms with Gasteiger partial charge in [0.1, 0.15) is 11.5 Å². The minimum absolute atomic E-state index is 0.151. The van der Waals surface area contributed by atoms with Crippen LogP contribution in [0.1, 0.15) is 25.0 Å². The molecule has 0 fully saturated rings. The lowest BCUT2D eigenvalue weighted by Gasteiger charge is -2.26. The van der Waals surface area contributed by atoms with Gasteiger partial charge < -0.3 is 10.2 Å². The van der Waals surface area contributed by atoms with Gasteiger partial charge in [-0.15, -0.1) is 0 Å². The molecular weight excluding hydrogens is 214 g/mol. The van der Waals surface area contributed by atoms with Crippen molar-refractivity contribution >= 4 is 0 Å². The van der Waals surface area contributed by atoms with E-state index in [1.165, 1.54) is 0 Å². The van der Waals surface area contributed by atoms with Crippen LogP contribution in [0.2, 0.25) is 0 Å². The van der Waals surface area contributed by atoms with Crippen molar-refractivity contribution in [3.63, 3.8) is 0 Å². The predicted octanol–water partition coefficient (Wildman–Crippen LogP) is 3.42. The minimum atomic E-state index is -0.151. The number of rotatable bonds is 2. The van der Waals surface area contributed by atoms with Crippen molar-refractivity contribution in [1.82, 2.24) is 0 Å². The average Bonchev–Trinajstić information content (AvgIpc) is 2.30. The summed E-state index contributed by atoms with van der Waals surface area (Å²) in [5, 5.41) is 18.6. The Balaban J connectivity index is 2.41. The largest absolute Gasteiger partial charge is 0.508 e. The molecule has 0 aromatic heterocycles. The summed E-state index contributed by atoms with van der Waals surface area (Å²) in [6.07, 6.45) is 0. The van der Waals surface area contributed by atoms with Crippen LogP contribution in [0.15, 0.2) is 48.5 Å². The monoisotopic (exact) mass is 230 g/mol. The molecule has 0 saturated carbocycles. The van der Waals surface area contributed by atoms with Crippen molar-refractivity contribution in [2.75, 3.05) is 0 Å². The van der Waals surface area contributed by atoms with Crippen molar-refractivity contribution in [1.29, 1.82) is 0 Å². The van der Waals surface area contributed by atoms with Gasteiger partial charge >= 0.3 is 0 Å². The lowest BCUT2D eigenvalue weighted by Crippen LogP contribution is -2.18. The fraction of sp³-hybridized carbons (Fsp3) is 0.200. The zero-order valence-corrected chi connectivity index (χ0v) is 10.0. The standard InChI is InChI=1S/C15H16O2/c1-15(2,11-3-7-13(16)8-4-11)12-5-9-14(17)10-6-12/h3-10,16-17H,1-2H3/i15+2. The Labute approximate surface area is 101 Å². The highest BCUT2D eigenvalue weighted by Crippen LogP contribution is 2.32. The predicted molar refractivity (Wildman–Crippen MR) is 68.3 cm³/mol. The number of benzene rings is 2. The van der Waals surface area contributed by atoms with E-state index in [2.05, 4.69) is 13.8 Å². The normalized spacial score (nSPS) is 11.4. The Hall–Kier alpha value is -1.96. The summed E-state index contributed by atoms with van der Waals surface area (Å²) in [6.45, 7) is 4.23. The minimum Gasteiger partial charge on any atom is -0.508 e. The molecule has 0 saturated heterocycles. The molecule has 0 aliphatic heterocycles. The summed E-state index contributed by atoms with van der Waals surface area (Å²) in [5.41, 5.74) is 2.10. The van der Waals surface area contributed by atoms with Gasteiger partial charge in [0.05, 0.1) is 0 Å². The van der Waals surface area contributed by atoms with E-state index in [1.807, 2.05) is 24.3 Å². The van der Waals surface area contributed by atoms with Gasteiger partial charge in [0.25, 0.3) is 0 Å². The maximum Gasteiger partial charge on any atom is 0.115 e. The molecule has 0 heterocycles. The second kappa shape index (κ2) is 4.13. The van der Waals surface area contributed by atoms with E-state index < -0.39 is 0 Å². The molecule has 2 rings (SSSR count). The molecule has 0 bridgehead atoms. The summed E-state index contributed by atoms with van der Waals surface area (Å²) >= 11 is 0. The van der Waals surface area contributed by atoms with Crippen LogP contribution in [0, 0.1) is 0 Å². The van der Waals surface area contributed by atoms with Gasteiger partial charge in [-0.2, -0.15) is 0 Å². The van der Waals surface area contributed by atoms with Gasteiger partial charge in [-0.05, 0) is 35.4 Å². The third-order valence-electron chi connectivity index (χ3n) is 3.18. The van der Waals surface area contributed by atoms with Crippen molar-refractivity contribution in [3.05, 3.63) is 59.7 Å². The highest BCUT2D eigenvalue weighted by atomic mass is 16.3. The van der Waals surface area contributed by atoms with Gasteiger partial charge in [-0.25, -0.2) is 0 Å². The summed E-state index contributed by atoms with van der Waals surface area (Å²) in [5.74, 6) is 0.547. The zero-order valence-electron chi connectivity index (χ0n) is 10.0. The van der Waals surface area contributed by atoms with E-state index >= 15 is 0 Å². The summed E-state index contributed by atoms with van der Waals surface area (Å²) in [7, 11) is 0. The first-order chi connectivity index (χ1) is 8.00. The van der Waals surface area contributed by atoms with E-state index in [0.717, 1.165) is 11.1 Å². The van der Waals surface area contributed by atoms with Gasteiger partial charge in [0.15, 0.2) is 0 Å². The number of phenols is 2. The first-order valence-corrected chi connectivity index (χ1v) is 5.59. The molecule has 2 aromatic carbocycles. The smallest absolute Gasteiger partial charge is 0.115 e. The molecule has 2 nitrogen and oxygen atoms in total. The van der Waals surface area contributed by atoms with Gasteiger partial charge in [-0.1, -0.05) is 38.1 Å². The van der Waals surface area contributed by atoms with Crippen LogP contribution >= 0.6 is 0 Å². The van der Waals surface area contributed by atoms with Crippen LogP contribution in [0.5, 0.6) is 11.5 Å². The van der Waals surface area contributed by atoms with Crippen LogP contribution < -0.4 is 0 Å². The molecule has 88 valence electrons. The van der Waals surface area contributed by atoms with E-state index in [0.29, 0.717) is 0 Å². The molecule has 0 aliphatic rings. The Morgan fingerprint density at radius 3 is 1.24 bits per heavy atom. The molecule has 0 spiro atoms. The highest BCUT2D eigenvalue weighted by molar-refractivity contribution is 5.41. The molecule has 0 unspecified atom stereocenters. The van der Waals surface area contributed by atoms with E-state index in [4.69, 9.17) is 0 Å². The summed E-state index contributed by atoms with van der Waals surface area (Å²) < 4.78 is 0. The average molecular weight is 230 g/mol. The van der Waals surface area contributed by atoms with Crippen LogP contribution in [-0.4, -0.2) is 10.2 Å². The molecule has 2 heteroatoms. The van der Waals surface area contributed by atoms with Crippen LogP contribution in [0.4, 0.5) is 0 Å². The second-order valence-electron chi connectivity index (χ2n) is 4.72. The number of aromatic hydroxyl groups is 2. The third-order valence-corrected chi connectivity index (χ3v) is 3.18. The van der Waals surface area contributed by atoms with Crippen molar-refractivity contribution < 1.29 is 10.2 Å². The first kappa shape index (κ1) is 11.5. The maximum atomic E-state index is 9.30. The molecule has 0 aliphatic carbocycles. The molecule has 0 radical (unpaired) electrons. The topological polar surface area (TPSA) is 40.5 Å².